The maximum Gasteiger partial charge on any atom is 0.243 e. The fourth-order valence-corrected chi connectivity index (χ4v) is 1.51. The highest BCUT2D eigenvalue weighted by Gasteiger charge is 2.13. The highest BCUT2D eigenvalue weighted by atomic mass is 16.5. The molecule has 0 spiro atoms. The van der Waals surface area contributed by atoms with Crippen LogP contribution in [0, 0.1) is 0 Å². The lowest BCUT2D eigenvalue weighted by Gasteiger charge is -2.12. The SMILES string of the molecule is NC(=O)COCCNC(=O)C(N)Cc1ccccc1. The van der Waals surface area contributed by atoms with Crippen molar-refractivity contribution in [2.75, 3.05) is 19.8 Å². The number of carbonyl (C=O) groups is 2. The van der Waals surface area contributed by atoms with Crippen LogP contribution in [0.15, 0.2) is 30.3 Å². The molecule has 1 rings (SSSR count). The number of nitrogens with two attached hydrogens (primary N) is 2. The Hall–Kier alpha value is -1.92. The Balaban J connectivity index is 2.20. The minimum Gasteiger partial charge on any atom is -0.370 e. The van der Waals surface area contributed by atoms with E-state index in [4.69, 9.17) is 16.2 Å². The van der Waals surface area contributed by atoms with Crippen LogP contribution in [-0.4, -0.2) is 37.6 Å². The Kier molecular flexibility index (Phi) is 6.56. The lowest BCUT2D eigenvalue weighted by atomic mass is 10.1. The Morgan fingerprint density at radius 3 is 2.58 bits per heavy atom. The zero-order valence-electron chi connectivity index (χ0n) is 10.7. The molecule has 1 unspecified atom stereocenters. The first kappa shape index (κ1) is 15.1. The lowest BCUT2D eigenvalue weighted by molar-refractivity contribution is -0.123. The van der Waals surface area contributed by atoms with Gasteiger partial charge in [0.05, 0.1) is 12.6 Å². The van der Waals surface area contributed by atoms with Gasteiger partial charge in [0.1, 0.15) is 6.61 Å². The van der Waals surface area contributed by atoms with E-state index < -0.39 is 11.9 Å². The molecule has 6 heteroatoms. The highest BCUT2D eigenvalue weighted by Crippen LogP contribution is 2.01. The molecule has 0 aliphatic heterocycles. The highest BCUT2D eigenvalue weighted by molar-refractivity contribution is 5.81. The third-order valence-electron chi connectivity index (χ3n) is 2.43. The van der Waals surface area contributed by atoms with E-state index in [9.17, 15) is 9.59 Å². The van der Waals surface area contributed by atoms with Crippen LogP contribution in [0.2, 0.25) is 0 Å². The number of hydrogen-bond acceptors (Lipinski definition) is 4. The van der Waals surface area contributed by atoms with Gasteiger partial charge in [-0.1, -0.05) is 30.3 Å². The molecule has 19 heavy (non-hydrogen) atoms. The van der Waals surface area contributed by atoms with Gasteiger partial charge in [0, 0.05) is 6.54 Å². The Labute approximate surface area is 112 Å². The van der Waals surface area contributed by atoms with Crippen molar-refractivity contribution in [3.05, 3.63) is 35.9 Å². The number of nitrogens with one attached hydrogen (secondary N) is 1. The van der Waals surface area contributed by atoms with Crippen LogP contribution in [0.25, 0.3) is 0 Å². The van der Waals surface area contributed by atoms with Crippen LogP contribution in [0.3, 0.4) is 0 Å². The Morgan fingerprint density at radius 1 is 1.26 bits per heavy atom. The number of carbonyl (C=O) groups excluding carboxylic acids is 2. The third kappa shape index (κ3) is 6.54. The summed E-state index contributed by atoms with van der Waals surface area (Å²) in [6.45, 7) is 0.382. The molecule has 104 valence electrons. The topological polar surface area (TPSA) is 107 Å². The van der Waals surface area contributed by atoms with Gasteiger partial charge in [-0.05, 0) is 12.0 Å². The number of primary amides is 1. The smallest absolute Gasteiger partial charge is 0.243 e. The Bertz CT molecular complexity index is 409. The van der Waals surface area contributed by atoms with Crippen molar-refractivity contribution in [3.63, 3.8) is 0 Å². The fourth-order valence-electron chi connectivity index (χ4n) is 1.51. The second-order valence-corrected chi connectivity index (χ2v) is 4.11. The summed E-state index contributed by atoms with van der Waals surface area (Å²) in [6, 6.07) is 8.95. The van der Waals surface area contributed by atoms with Crippen LogP contribution in [0.5, 0.6) is 0 Å². The van der Waals surface area contributed by atoms with E-state index in [-0.39, 0.29) is 19.1 Å². The second-order valence-electron chi connectivity index (χ2n) is 4.11. The van der Waals surface area contributed by atoms with Crippen molar-refractivity contribution < 1.29 is 14.3 Å². The van der Waals surface area contributed by atoms with Gasteiger partial charge in [-0.25, -0.2) is 0 Å². The quantitative estimate of drug-likeness (QED) is 0.533. The average Bonchev–Trinajstić information content (AvgIpc) is 2.38. The zero-order valence-corrected chi connectivity index (χ0v) is 10.7. The zero-order chi connectivity index (χ0) is 14.1. The standard InChI is InChI=1S/C13H19N3O3/c14-11(8-10-4-2-1-3-5-10)13(18)16-6-7-19-9-12(15)17/h1-5,11H,6-9,14H2,(H2,15,17)(H,16,18). The number of rotatable bonds is 8. The van der Waals surface area contributed by atoms with Crippen LogP contribution in [0.1, 0.15) is 5.56 Å². The van der Waals surface area contributed by atoms with Crippen LogP contribution in [-0.2, 0) is 20.7 Å². The van der Waals surface area contributed by atoms with Crippen molar-refractivity contribution in [2.24, 2.45) is 11.5 Å². The molecule has 0 fully saturated rings. The van der Waals surface area contributed by atoms with Gasteiger partial charge < -0.3 is 21.5 Å². The van der Waals surface area contributed by atoms with Gasteiger partial charge in [-0.2, -0.15) is 0 Å². The monoisotopic (exact) mass is 265 g/mol. The van der Waals surface area contributed by atoms with Crippen molar-refractivity contribution in [1.29, 1.82) is 0 Å². The summed E-state index contributed by atoms with van der Waals surface area (Å²) >= 11 is 0. The van der Waals surface area contributed by atoms with Crippen LogP contribution >= 0.6 is 0 Å². The fraction of sp³-hybridized carbons (Fsp3) is 0.385. The van der Waals surface area contributed by atoms with Crippen LogP contribution < -0.4 is 16.8 Å². The van der Waals surface area contributed by atoms with E-state index in [1.54, 1.807) is 0 Å². The summed E-state index contributed by atoms with van der Waals surface area (Å²) in [4.78, 5) is 22.1. The predicted octanol–water partition coefficient (Wildman–Crippen LogP) is -0.825. The molecule has 0 aromatic heterocycles. The number of hydrogen-bond donors (Lipinski definition) is 3. The van der Waals surface area contributed by atoms with Gasteiger partial charge in [0.2, 0.25) is 11.8 Å². The third-order valence-corrected chi connectivity index (χ3v) is 2.43. The molecule has 6 nitrogen and oxygen atoms in total. The molecule has 2 amide bonds. The first-order valence-corrected chi connectivity index (χ1v) is 6.03. The lowest BCUT2D eigenvalue weighted by Crippen LogP contribution is -2.43. The minimum atomic E-state index is -0.599. The van der Waals surface area contributed by atoms with E-state index in [1.807, 2.05) is 30.3 Å². The molecule has 0 heterocycles. The summed E-state index contributed by atoms with van der Waals surface area (Å²) in [5.41, 5.74) is 11.7. The molecule has 5 N–H and O–H groups in total. The van der Waals surface area contributed by atoms with E-state index in [1.165, 1.54) is 0 Å². The number of ether oxygens (including phenoxy) is 1. The molecule has 0 aliphatic carbocycles. The summed E-state index contributed by atoms with van der Waals surface area (Å²) in [7, 11) is 0. The van der Waals surface area contributed by atoms with Gasteiger partial charge in [0.25, 0.3) is 0 Å². The molecule has 0 aliphatic rings. The summed E-state index contributed by atoms with van der Waals surface area (Å²) in [6.07, 6.45) is 0.481. The predicted molar refractivity (Wildman–Crippen MR) is 71.1 cm³/mol. The van der Waals surface area contributed by atoms with E-state index in [0.29, 0.717) is 13.0 Å². The van der Waals surface area contributed by atoms with Gasteiger partial charge in [0.15, 0.2) is 0 Å². The molecular weight excluding hydrogens is 246 g/mol. The van der Waals surface area contributed by atoms with Gasteiger partial charge >= 0.3 is 0 Å². The molecule has 1 aromatic rings. The first-order chi connectivity index (χ1) is 9.09. The average molecular weight is 265 g/mol. The maximum absolute atomic E-state index is 11.7. The molecule has 1 atom stereocenters. The molecule has 0 saturated carbocycles. The first-order valence-electron chi connectivity index (χ1n) is 6.03. The Morgan fingerprint density at radius 2 is 1.95 bits per heavy atom. The van der Waals surface area contributed by atoms with E-state index in [0.717, 1.165) is 5.56 Å². The molecule has 0 saturated heterocycles. The summed E-state index contributed by atoms with van der Waals surface area (Å²) < 4.78 is 4.91. The summed E-state index contributed by atoms with van der Waals surface area (Å²) in [5.74, 6) is -0.779. The normalized spacial score (nSPS) is 11.8. The number of benzene rings is 1. The largest absolute Gasteiger partial charge is 0.370 e. The van der Waals surface area contributed by atoms with Crippen molar-refractivity contribution in [3.8, 4) is 0 Å². The minimum absolute atomic E-state index is 0.147. The van der Waals surface area contributed by atoms with Crippen LogP contribution in [0.4, 0.5) is 0 Å². The van der Waals surface area contributed by atoms with E-state index >= 15 is 0 Å². The van der Waals surface area contributed by atoms with Crippen molar-refractivity contribution in [2.45, 2.75) is 12.5 Å². The summed E-state index contributed by atoms with van der Waals surface area (Å²) in [5, 5.41) is 2.64. The molecular formula is C13H19N3O3. The van der Waals surface area contributed by atoms with Gasteiger partial charge in [-0.3, -0.25) is 9.59 Å². The maximum atomic E-state index is 11.7. The molecule has 0 radical (unpaired) electrons. The number of amides is 2. The molecule has 0 bridgehead atoms. The van der Waals surface area contributed by atoms with Crippen molar-refractivity contribution >= 4 is 11.8 Å². The van der Waals surface area contributed by atoms with Gasteiger partial charge in [-0.15, -0.1) is 0 Å². The van der Waals surface area contributed by atoms with Crippen molar-refractivity contribution in [1.82, 2.24) is 5.32 Å². The second kappa shape index (κ2) is 8.23. The van der Waals surface area contributed by atoms with E-state index in [2.05, 4.69) is 5.32 Å². The molecule has 1 aromatic carbocycles.